The molecule has 3 rings (SSSR count). The molecule has 1 amide bonds. The molecule has 13 heteroatoms. The number of hydrogen-bond donors (Lipinski definition) is 4. The highest BCUT2D eigenvalue weighted by Gasteiger charge is 2.34. The van der Waals surface area contributed by atoms with E-state index in [1.165, 1.54) is 0 Å². The van der Waals surface area contributed by atoms with Gasteiger partial charge < -0.3 is 20.1 Å². The third kappa shape index (κ3) is 5.36. The van der Waals surface area contributed by atoms with Gasteiger partial charge in [0.05, 0.1) is 24.5 Å². The first-order valence-corrected chi connectivity index (χ1v) is 9.12. The third-order valence-corrected chi connectivity index (χ3v) is 4.76. The van der Waals surface area contributed by atoms with E-state index in [0.29, 0.717) is 25.0 Å². The molecule has 0 aliphatic carbocycles. The van der Waals surface area contributed by atoms with Crippen LogP contribution in [0.15, 0.2) is 12.1 Å². The Morgan fingerprint density at radius 1 is 1.23 bits per heavy atom. The van der Waals surface area contributed by atoms with Gasteiger partial charge in [-0.15, -0.1) is 13.2 Å². The number of benzene rings is 1. The Labute approximate surface area is 169 Å². The molecule has 2 fully saturated rings. The lowest BCUT2D eigenvalue weighted by Crippen LogP contribution is -2.60. The second kappa shape index (κ2) is 9.12. The molecular weight excluding hydrogens is 414 g/mol. The highest BCUT2D eigenvalue weighted by atomic mass is 19.4. The highest BCUT2D eigenvalue weighted by Crippen LogP contribution is 2.31. The number of ether oxygens (including phenoxy) is 2. The van der Waals surface area contributed by atoms with Crippen LogP contribution in [-0.4, -0.2) is 62.2 Å². The number of esters is 1. The lowest BCUT2D eigenvalue weighted by Gasteiger charge is -2.35. The maximum Gasteiger partial charge on any atom is 0.573 e. The number of hydrazine groups is 1. The number of amides is 1. The predicted octanol–water partition coefficient (Wildman–Crippen LogP) is 0.895. The predicted molar refractivity (Wildman–Crippen MR) is 95.7 cm³/mol. The number of nitrogens with zero attached hydrogens (tertiary/aromatic N) is 1. The molecule has 2 atom stereocenters. The van der Waals surface area contributed by atoms with Crippen molar-refractivity contribution in [2.24, 2.45) is 0 Å². The lowest BCUT2D eigenvalue weighted by molar-refractivity contribution is -0.275. The summed E-state index contributed by atoms with van der Waals surface area (Å²) >= 11 is 0. The minimum absolute atomic E-state index is 0.0333. The van der Waals surface area contributed by atoms with E-state index in [9.17, 15) is 27.2 Å². The molecule has 9 nitrogen and oxygen atoms in total. The molecule has 0 saturated carbocycles. The molecule has 2 heterocycles. The SMILES string of the molecule is COC(=O)c1cc(OC(F)(F)F)c(F)cc1NC(=O)C1CCC(N2CCNC2)NN1. The molecule has 0 radical (unpaired) electrons. The van der Waals surface area contributed by atoms with Crippen LogP contribution in [0.5, 0.6) is 5.75 Å². The molecule has 2 saturated heterocycles. The first kappa shape index (κ1) is 22.2. The second-order valence-corrected chi connectivity index (χ2v) is 6.76. The summed E-state index contributed by atoms with van der Waals surface area (Å²) in [6.07, 6.45) is -4.02. The number of methoxy groups -OCH3 is 1. The number of anilines is 1. The number of carbonyl (C=O) groups is 2. The van der Waals surface area contributed by atoms with Crippen molar-refractivity contribution in [1.29, 1.82) is 0 Å². The Morgan fingerprint density at radius 2 is 2.00 bits per heavy atom. The number of halogens is 4. The summed E-state index contributed by atoms with van der Waals surface area (Å²) in [6, 6.07) is 0.421. The first-order valence-electron chi connectivity index (χ1n) is 9.12. The fourth-order valence-corrected chi connectivity index (χ4v) is 3.28. The van der Waals surface area contributed by atoms with Gasteiger partial charge in [0.15, 0.2) is 11.6 Å². The lowest BCUT2D eigenvalue weighted by atomic mass is 10.1. The van der Waals surface area contributed by atoms with E-state index in [-0.39, 0.29) is 11.9 Å². The minimum Gasteiger partial charge on any atom is -0.465 e. The van der Waals surface area contributed by atoms with Gasteiger partial charge in [-0.2, -0.15) is 0 Å². The van der Waals surface area contributed by atoms with E-state index in [4.69, 9.17) is 0 Å². The van der Waals surface area contributed by atoms with Crippen LogP contribution in [0.4, 0.5) is 23.2 Å². The van der Waals surface area contributed by atoms with Gasteiger partial charge in [-0.05, 0) is 12.8 Å². The average molecular weight is 435 g/mol. The number of alkyl halides is 3. The topological polar surface area (TPSA) is 104 Å². The van der Waals surface area contributed by atoms with Crippen LogP contribution < -0.4 is 26.2 Å². The Bertz CT molecular complexity index is 793. The molecular formula is C17H21F4N5O4. The van der Waals surface area contributed by atoms with Gasteiger partial charge in [0.1, 0.15) is 6.04 Å². The van der Waals surface area contributed by atoms with Crippen LogP contribution >= 0.6 is 0 Å². The monoisotopic (exact) mass is 435 g/mol. The van der Waals surface area contributed by atoms with Crippen molar-refractivity contribution in [2.75, 3.05) is 32.2 Å². The van der Waals surface area contributed by atoms with Crippen LogP contribution in [0, 0.1) is 5.82 Å². The Hall–Kier alpha value is -2.48. The summed E-state index contributed by atoms with van der Waals surface area (Å²) < 4.78 is 59.5. The van der Waals surface area contributed by atoms with Gasteiger partial charge in [-0.1, -0.05) is 0 Å². The van der Waals surface area contributed by atoms with Crippen molar-refractivity contribution in [3.8, 4) is 5.75 Å². The maximum absolute atomic E-state index is 14.1. The van der Waals surface area contributed by atoms with Gasteiger partial charge in [0.25, 0.3) is 0 Å². The number of nitrogens with one attached hydrogen (secondary N) is 4. The van der Waals surface area contributed by atoms with E-state index in [1.807, 2.05) is 0 Å². The van der Waals surface area contributed by atoms with Crippen LogP contribution in [-0.2, 0) is 9.53 Å². The van der Waals surface area contributed by atoms with Crippen LogP contribution in [0.25, 0.3) is 0 Å². The zero-order valence-electron chi connectivity index (χ0n) is 15.9. The van der Waals surface area contributed by atoms with E-state index in [1.54, 1.807) is 0 Å². The van der Waals surface area contributed by atoms with Crippen molar-refractivity contribution in [3.63, 3.8) is 0 Å². The number of rotatable bonds is 5. The Morgan fingerprint density at radius 3 is 2.57 bits per heavy atom. The second-order valence-electron chi connectivity index (χ2n) is 6.76. The minimum atomic E-state index is -5.15. The van der Waals surface area contributed by atoms with Gasteiger partial charge in [0.2, 0.25) is 5.91 Å². The van der Waals surface area contributed by atoms with Gasteiger partial charge in [-0.25, -0.2) is 20.0 Å². The summed E-state index contributed by atoms with van der Waals surface area (Å²) in [5.41, 5.74) is 5.11. The van der Waals surface area contributed by atoms with E-state index >= 15 is 0 Å². The van der Waals surface area contributed by atoms with E-state index in [2.05, 4.69) is 35.9 Å². The van der Waals surface area contributed by atoms with Gasteiger partial charge >= 0.3 is 12.3 Å². The zero-order chi connectivity index (χ0) is 21.9. The quantitative estimate of drug-likeness (QED) is 0.400. The van der Waals surface area contributed by atoms with Crippen LogP contribution in [0.2, 0.25) is 0 Å². The van der Waals surface area contributed by atoms with E-state index in [0.717, 1.165) is 26.9 Å². The van der Waals surface area contributed by atoms with Crippen molar-refractivity contribution in [1.82, 2.24) is 21.1 Å². The Kier molecular flexibility index (Phi) is 6.75. The average Bonchev–Trinajstić information content (AvgIpc) is 3.23. The van der Waals surface area contributed by atoms with Crippen molar-refractivity contribution in [2.45, 2.75) is 31.4 Å². The number of carbonyl (C=O) groups excluding carboxylic acids is 2. The van der Waals surface area contributed by atoms with Crippen molar-refractivity contribution >= 4 is 17.6 Å². The third-order valence-electron chi connectivity index (χ3n) is 4.76. The fourth-order valence-electron chi connectivity index (χ4n) is 3.28. The fraction of sp³-hybridized carbons (Fsp3) is 0.529. The maximum atomic E-state index is 14.1. The molecule has 0 aromatic heterocycles. The van der Waals surface area contributed by atoms with Gasteiger partial charge in [-0.3, -0.25) is 9.69 Å². The number of hydrogen-bond acceptors (Lipinski definition) is 8. The molecule has 2 unspecified atom stereocenters. The normalized spacial score (nSPS) is 22.6. The molecule has 2 aliphatic rings. The molecule has 0 bridgehead atoms. The summed E-state index contributed by atoms with van der Waals surface area (Å²) in [4.78, 5) is 26.7. The molecule has 2 aliphatic heterocycles. The summed E-state index contributed by atoms with van der Waals surface area (Å²) in [6.45, 7) is 2.46. The standard InChI is InChI=1S/C17H21F4N5O4/c1-29-16(28)9-6-13(30-17(19,20)21)10(18)7-12(9)23-15(27)11-2-3-14(25-24-11)26-5-4-22-8-26/h6-7,11,14,22,24-25H,2-5,8H2,1H3,(H,23,27). The van der Waals surface area contributed by atoms with Crippen LogP contribution in [0.1, 0.15) is 23.2 Å². The molecule has 30 heavy (non-hydrogen) atoms. The smallest absolute Gasteiger partial charge is 0.465 e. The first-order chi connectivity index (χ1) is 14.2. The highest BCUT2D eigenvalue weighted by molar-refractivity contribution is 6.03. The summed E-state index contributed by atoms with van der Waals surface area (Å²) in [5.74, 6) is -4.25. The molecule has 4 N–H and O–H groups in total. The van der Waals surface area contributed by atoms with E-state index < -0.39 is 41.4 Å². The van der Waals surface area contributed by atoms with Crippen LogP contribution in [0.3, 0.4) is 0 Å². The Balaban J connectivity index is 1.71. The van der Waals surface area contributed by atoms with Crippen molar-refractivity contribution in [3.05, 3.63) is 23.5 Å². The summed E-state index contributed by atoms with van der Waals surface area (Å²) in [5, 5.41) is 5.57. The van der Waals surface area contributed by atoms with Gasteiger partial charge in [0, 0.05) is 31.9 Å². The zero-order valence-corrected chi connectivity index (χ0v) is 15.9. The molecule has 166 valence electrons. The molecule has 0 spiro atoms. The largest absolute Gasteiger partial charge is 0.573 e. The van der Waals surface area contributed by atoms with Crippen molar-refractivity contribution < 1.29 is 36.6 Å². The molecule has 1 aromatic rings. The molecule has 1 aromatic carbocycles. The summed E-state index contributed by atoms with van der Waals surface area (Å²) in [7, 11) is 1.00.